The minimum Gasteiger partial charge on any atom is -0.338 e. The lowest BCUT2D eigenvalue weighted by molar-refractivity contribution is 0.0636. The molecule has 0 fully saturated rings. The van der Waals surface area contributed by atoms with E-state index in [9.17, 15) is 14.4 Å². The van der Waals surface area contributed by atoms with E-state index < -0.39 is 0 Å². The smallest absolute Gasteiger partial charge is 0.319 e. The Balaban J connectivity index is 1.58. The van der Waals surface area contributed by atoms with Crippen LogP contribution in [0.2, 0.25) is 5.02 Å². The number of carbonyl (C=O) groups is 3. The average Bonchev–Trinajstić information content (AvgIpc) is 2.87. The van der Waals surface area contributed by atoms with E-state index in [-0.39, 0.29) is 23.8 Å². The van der Waals surface area contributed by atoms with Crippen molar-refractivity contribution in [2.45, 2.75) is 20.3 Å². The summed E-state index contributed by atoms with van der Waals surface area (Å²) in [6.45, 7) is 4.73. The zero-order valence-electron chi connectivity index (χ0n) is 15.8. The second-order valence-electron chi connectivity index (χ2n) is 7.13. The Morgan fingerprint density at radius 2 is 1.71 bits per heavy atom. The average molecular weight is 400 g/mol. The van der Waals surface area contributed by atoms with Gasteiger partial charge in [-0.2, -0.15) is 0 Å². The van der Waals surface area contributed by atoms with E-state index in [0.717, 1.165) is 5.56 Å². The third kappa shape index (κ3) is 4.51. The molecule has 6 nitrogen and oxygen atoms in total. The Bertz CT molecular complexity index is 910. The van der Waals surface area contributed by atoms with Gasteiger partial charge in [-0.25, -0.2) is 4.79 Å². The van der Waals surface area contributed by atoms with Gasteiger partial charge in [0.1, 0.15) is 0 Å². The number of halogens is 1. The molecule has 0 bridgehead atoms. The molecule has 0 spiro atoms. The fraction of sp³-hybridized carbons (Fsp3) is 0.286. The van der Waals surface area contributed by atoms with E-state index in [1.54, 1.807) is 18.2 Å². The Hall–Kier alpha value is -2.86. The SMILES string of the molecule is CC(C)CN1C(=O)c2ccc(NC(=O)NCCc3ccc(Cl)cc3)cc2C1=O. The van der Waals surface area contributed by atoms with Crippen LogP contribution in [0.1, 0.15) is 40.1 Å². The van der Waals surface area contributed by atoms with Crippen molar-refractivity contribution < 1.29 is 14.4 Å². The molecule has 1 aliphatic rings. The third-order valence-electron chi connectivity index (χ3n) is 4.39. The number of imide groups is 1. The summed E-state index contributed by atoms with van der Waals surface area (Å²) in [6.07, 6.45) is 0.673. The van der Waals surface area contributed by atoms with Gasteiger partial charge in [0, 0.05) is 23.8 Å². The highest BCUT2D eigenvalue weighted by Gasteiger charge is 2.35. The van der Waals surface area contributed by atoms with Crippen LogP contribution in [0.4, 0.5) is 10.5 Å². The first-order chi connectivity index (χ1) is 13.3. The number of benzene rings is 2. The van der Waals surface area contributed by atoms with Gasteiger partial charge in [0.05, 0.1) is 11.1 Å². The van der Waals surface area contributed by atoms with Gasteiger partial charge in [0.2, 0.25) is 0 Å². The summed E-state index contributed by atoms with van der Waals surface area (Å²) in [5.41, 5.74) is 2.23. The van der Waals surface area contributed by atoms with Gasteiger partial charge >= 0.3 is 6.03 Å². The summed E-state index contributed by atoms with van der Waals surface area (Å²) in [6, 6.07) is 11.8. The van der Waals surface area contributed by atoms with Gasteiger partial charge in [-0.05, 0) is 48.2 Å². The predicted molar refractivity (Wildman–Crippen MR) is 109 cm³/mol. The normalized spacial score (nSPS) is 13.1. The lowest BCUT2D eigenvalue weighted by Gasteiger charge is -2.15. The highest BCUT2D eigenvalue weighted by Crippen LogP contribution is 2.26. The van der Waals surface area contributed by atoms with E-state index in [4.69, 9.17) is 11.6 Å². The van der Waals surface area contributed by atoms with Gasteiger partial charge in [0.25, 0.3) is 11.8 Å². The first kappa shape index (κ1) is 19.9. The number of nitrogens with zero attached hydrogens (tertiary/aromatic N) is 1. The molecule has 0 aromatic heterocycles. The lowest BCUT2D eigenvalue weighted by atomic mass is 10.1. The van der Waals surface area contributed by atoms with Crippen LogP contribution in [-0.2, 0) is 6.42 Å². The van der Waals surface area contributed by atoms with E-state index in [1.807, 2.05) is 38.1 Å². The molecule has 0 aliphatic carbocycles. The van der Waals surface area contributed by atoms with Crippen LogP contribution >= 0.6 is 11.6 Å². The topological polar surface area (TPSA) is 78.5 Å². The van der Waals surface area contributed by atoms with Gasteiger partial charge in [0.15, 0.2) is 0 Å². The quantitative estimate of drug-likeness (QED) is 0.722. The van der Waals surface area contributed by atoms with Crippen molar-refractivity contribution in [1.82, 2.24) is 10.2 Å². The number of fused-ring (bicyclic) bond motifs is 1. The van der Waals surface area contributed by atoms with Gasteiger partial charge in [-0.3, -0.25) is 14.5 Å². The fourth-order valence-electron chi connectivity index (χ4n) is 3.05. The Morgan fingerprint density at radius 3 is 2.39 bits per heavy atom. The van der Waals surface area contributed by atoms with Crippen molar-refractivity contribution in [3.63, 3.8) is 0 Å². The molecule has 1 aliphatic heterocycles. The molecule has 0 radical (unpaired) electrons. The maximum Gasteiger partial charge on any atom is 0.319 e. The van der Waals surface area contributed by atoms with E-state index in [2.05, 4.69) is 10.6 Å². The summed E-state index contributed by atoms with van der Waals surface area (Å²) < 4.78 is 0. The number of amides is 4. The zero-order chi connectivity index (χ0) is 20.3. The minimum absolute atomic E-state index is 0.186. The van der Waals surface area contributed by atoms with E-state index in [0.29, 0.717) is 41.3 Å². The van der Waals surface area contributed by atoms with Crippen molar-refractivity contribution in [2.24, 2.45) is 5.92 Å². The molecule has 2 N–H and O–H groups in total. The number of anilines is 1. The van der Waals surface area contributed by atoms with Crippen molar-refractivity contribution in [3.8, 4) is 0 Å². The Labute approximate surface area is 168 Å². The van der Waals surface area contributed by atoms with Crippen LogP contribution in [0.3, 0.4) is 0 Å². The third-order valence-corrected chi connectivity index (χ3v) is 4.64. The molecule has 2 aromatic rings. The van der Waals surface area contributed by atoms with Crippen LogP contribution in [0.25, 0.3) is 0 Å². The van der Waals surface area contributed by atoms with E-state index >= 15 is 0 Å². The standard InChI is InChI=1S/C21H22ClN3O3/c1-13(2)12-25-19(26)17-8-7-16(11-18(17)20(25)27)24-21(28)23-10-9-14-3-5-15(22)6-4-14/h3-8,11,13H,9-10,12H2,1-2H3,(H2,23,24,28). The van der Waals surface area contributed by atoms with Crippen molar-refractivity contribution in [1.29, 1.82) is 0 Å². The monoisotopic (exact) mass is 399 g/mol. The van der Waals surface area contributed by atoms with Crippen molar-refractivity contribution >= 4 is 35.1 Å². The molecule has 146 valence electrons. The number of carbonyl (C=O) groups excluding carboxylic acids is 3. The molecule has 1 heterocycles. The predicted octanol–water partition coefficient (Wildman–Crippen LogP) is 3.96. The molecule has 0 atom stereocenters. The molecule has 0 saturated heterocycles. The van der Waals surface area contributed by atoms with Gasteiger partial charge in [-0.15, -0.1) is 0 Å². The number of rotatable bonds is 6. The first-order valence-corrected chi connectivity index (χ1v) is 9.52. The summed E-state index contributed by atoms with van der Waals surface area (Å²) in [4.78, 5) is 38.2. The second-order valence-corrected chi connectivity index (χ2v) is 7.57. The highest BCUT2D eigenvalue weighted by atomic mass is 35.5. The van der Waals surface area contributed by atoms with Crippen LogP contribution in [-0.4, -0.2) is 35.8 Å². The largest absolute Gasteiger partial charge is 0.338 e. The highest BCUT2D eigenvalue weighted by molar-refractivity contribution is 6.30. The Morgan fingerprint density at radius 1 is 1.04 bits per heavy atom. The molecule has 28 heavy (non-hydrogen) atoms. The molecule has 3 rings (SSSR count). The van der Waals surface area contributed by atoms with Crippen LogP contribution in [0.5, 0.6) is 0 Å². The maximum absolute atomic E-state index is 12.5. The zero-order valence-corrected chi connectivity index (χ0v) is 16.5. The summed E-state index contributed by atoms with van der Waals surface area (Å²) in [5, 5.41) is 6.15. The second kappa shape index (κ2) is 8.44. The van der Waals surface area contributed by atoms with E-state index in [1.165, 1.54) is 4.90 Å². The summed E-state index contributed by atoms with van der Waals surface area (Å²) >= 11 is 5.85. The van der Waals surface area contributed by atoms with Gasteiger partial charge < -0.3 is 10.6 Å². The summed E-state index contributed by atoms with van der Waals surface area (Å²) in [5.74, 6) is -0.417. The number of hydrogen-bond donors (Lipinski definition) is 2. The molecule has 4 amide bonds. The molecular weight excluding hydrogens is 378 g/mol. The van der Waals surface area contributed by atoms with Crippen molar-refractivity contribution in [3.05, 3.63) is 64.2 Å². The number of urea groups is 1. The van der Waals surface area contributed by atoms with Crippen LogP contribution in [0.15, 0.2) is 42.5 Å². The lowest BCUT2D eigenvalue weighted by Crippen LogP contribution is -2.33. The van der Waals surface area contributed by atoms with Crippen LogP contribution < -0.4 is 10.6 Å². The molecule has 0 unspecified atom stereocenters. The molecule has 7 heteroatoms. The first-order valence-electron chi connectivity index (χ1n) is 9.14. The maximum atomic E-state index is 12.5. The number of nitrogens with one attached hydrogen (secondary N) is 2. The Kier molecular flexibility index (Phi) is 5.99. The molecule has 2 aromatic carbocycles. The number of hydrogen-bond acceptors (Lipinski definition) is 3. The summed E-state index contributed by atoms with van der Waals surface area (Å²) in [7, 11) is 0. The molecule has 0 saturated carbocycles. The van der Waals surface area contributed by atoms with Crippen LogP contribution in [0, 0.1) is 5.92 Å². The molecular formula is C21H22ClN3O3. The minimum atomic E-state index is -0.371. The fourth-order valence-corrected chi connectivity index (χ4v) is 3.17. The van der Waals surface area contributed by atoms with Gasteiger partial charge in [-0.1, -0.05) is 37.6 Å². The van der Waals surface area contributed by atoms with Crippen molar-refractivity contribution in [2.75, 3.05) is 18.4 Å².